The zero-order valence-corrected chi connectivity index (χ0v) is 14.5. The minimum atomic E-state index is -3.08. The van der Waals surface area contributed by atoms with E-state index in [1.165, 1.54) is 4.90 Å². The van der Waals surface area contributed by atoms with E-state index in [4.69, 9.17) is 4.74 Å². The van der Waals surface area contributed by atoms with Crippen molar-refractivity contribution in [3.05, 3.63) is 17.5 Å². The first-order valence-corrected chi connectivity index (χ1v) is 8.20. The monoisotopic (exact) mass is 356 g/mol. The molecule has 2 atom stereocenters. The number of hydrogen-bond donors (Lipinski definition) is 0. The summed E-state index contributed by atoms with van der Waals surface area (Å²) in [5.74, 6) is -4.39. The number of carbonyl (C=O) groups excluding carboxylic acids is 2. The van der Waals surface area contributed by atoms with Gasteiger partial charge in [0.25, 0.3) is 5.92 Å². The Morgan fingerprint density at radius 3 is 2.76 bits per heavy atom. The van der Waals surface area contributed by atoms with Crippen molar-refractivity contribution in [1.29, 1.82) is 0 Å². The molecule has 2 aliphatic heterocycles. The largest absolute Gasteiger partial charge is 0.373 e. The number of carbonyl (C=O) groups is 2. The second-order valence-electron chi connectivity index (χ2n) is 6.74. The highest BCUT2D eigenvalue weighted by molar-refractivity contribution is 5.90. The van der Waals surface area contributed by atoms with Crippen LogP contribution in [0.5, 0.6) is 0 Å². The summed E-state index contributed by atoms with van der Waals surface area (Å²) in [5, 5.41) is 4.18. The maximum absolute atomic E-state index is 13.8. The first-order valence-electron chi connectivity index (χ1n) is 8.20. The smallest absolute Gasteiger partial charge is 0.288 e. The molecule has 2 aliphatic rings. The Hall–Kier alpha value is -2.03. The topological polar surface area (TPSA) is 67.7 Å². The number of ether oxygens (including phenoxy) is 1. The van der Waals surface area contributed by atoms with Gasteiger partial charge in [0.1, 0.15) is 6.61 Å². The normalized spacial score (nSPS) is 26.8. The molecular weight excluding hydrogens is 334 g/mol. The Morgan fingerprint density at radius 1 is 1.40 bits per heavy atom. The average Bonchev–Trinajstić information content (AvgIpc) is 2.94. The van der Waals surface area contributed by atoms with Crippen LogP contribution in [0.4, 0.5) is 8.78 Å². The number of likely N-dealkylation sites (tertiary alicyclic amines) is 1. The van der Waals surface area contributed by atoms with Crippen molar-refractivity contribution in [1.82, 2.24) is 19.6 Å². The Labute approximate surface area is 144 Å². The van der Waals surface area contributed by atoms with Crippen LogP contribution < -0.4 is 0 Å². The third-order valence-electron chi connectivity index (χ3n) is 5.05. The lowest BCUT2D eigenvalue weighted by Gasteiger charge is -2.30. The first-order chi connectivity index (χ1) is 11.7. The van der Waals surface area contributed by atoms with Crippen molar-refractivity contribution in [3.8, 4) is 0 Å². The van der Waals surface area contributed by atoms with Crippen LogP contribution in [0.25, 0.3) is 0 Å². The number of aryl methyl sites for hydroxylation is 1. The number of aromatic nitrogens is 2. The summed E-state index contributed by atoms with van der Waals surface area (Å²) in [6.07, 6.45) is 1.65. The standard InChI is InChI=1S/C16H22F2N4O3/c1-10-12(7-19-21(10)3)14-11(6-13(23)20(14)2)15(24)22-4-5-25-9-16(17,18)8-22/h7,11,14H,4-6,8-9H2,1-3H3/t11-,14-/m0/s1. The maximum Gasteiger partial charge on any atom is 0.288 e. The van der Waals surface area contributed by atoms with Gasteiger partial charge in [0.05, 0.1) is 31.3 Å². The number of halogens is 2. The lowest BCUT2D eigenvalue weighted by Crippen LogP contribution is -2.45. The molecule has 138 valence electrons. The van der Waals surface area contributed by atoms with Gasteiger partial charge in [-0.2, -0.15) is 5.10 Å². The van der Waals surface area contributed by atoms with E-state index in [0.29, 0.717) is 0 Å². The number of hydrogen-bond acceptors (Lipinski definition) is 4. The molecule has 2 fully saturated rings. The van der Waals surface area contributed by atoms with Gasteiger partial charge in [0.15, 0.2) is 0 Å². The second kappa shape index (κ2) is 6.36. The fourth-order valence-corrected chi connectivity index (χ4v) is 3.55. The molecule has 1 aromatic heterocycles. The summed E-state index contributed by atoms with van der Waals surface area (Å²) in [4.78, 5) is 27.8. The van der Waals surface area contributed by atoms with Crippen LogP contribution >= 0.6 is 0 Å². The van der Waals surface area contributed by atoms with Crippen LogP contribution in [0.3, 0.4) is 0 Å². The minimum absolute atomic E-state index is 0.0112. The zero-order valence-electron chi connectivity index (χ0n) is 14.5. The summed E-state index contributed by atoms with van der Waals surface area (Å²) in [6.45, 7) is 0.648. The fourth-order valence-electron chi connectivity index (χ4n) is 3.55. The number of alkyl halides is 2. The molecule has 0 saturated carbocycles. The van der Waals surface area contributed by atoms with Gasteiger partial charge in [-0.25, -0.2) is 8.78 Å². The van der Waals surface area contributed by atoms with Crippen LogP contribution in [0, 0.1) is 12.8 Å². The molecule has 0 aliphatic carbocycles. The van der Waals surface area contributed by atoms with Crippen molar-refractivity contribution in [2.75, 3.05) is 33.4 Å². The molecule has 3 heterocycles. The zero-order chi connectivity index (χ0) is 18.4. The van der Waals surface area contributed by atoms with Gasteiger partial charge in [-0.3, -0.25) is 14.3 Å². The molecular formula is C16H22F2N4O3. The molecule has 2 amide bonds. The lowest BCUT2D eigenvalue weighted by atomic mass is 9.92. The molecule has 25 heavy (non-hydrogen) atoms. The molecule has 3 rings (SSSR count). The van der Waals surface area contributed by atoms with Gasteiger partial charge in [-0.1, -0.05) is 0 Å². The second-order valence-corrected chi connectivity index (χ2v) is 6.74. The highest BCUT2D eigenvalue weighted by atomic mass is 19.3. The van der Waals surface area contributed by atoms with E-state index in [9.17, 15) is 18.4 Å². The first kappa shape index (κ1) is 17.8. The molecule has 0 N–H and O–H groups in total. The van der Waals surface area contributed by atoms with Gasteiger partial charge in [0, 0.05) is 38.3 Å². The average molecular weight is 356 g/mol. The van der Waals surface area contributed by atoms with Crippen molar-refractivity contribution in [2.24, 2.45) is 13.0 Å². The van der Waals surface area contributed by atoms with Crippen LogP contribution in [-0.4, -0.2) is 70.7 Å². The fraction of sp³-hybridized carbons (Fsp3) is 0.688. The molecule has 0 unspecified atom stereocenters. The summed E-state index contributed by atoms with van der Waals surface area (Å²) in [5.41, 5.74) is 1.61. The molecule has 0 spiro atoms. The third kappa shape index (κ3) is 3.24. The summed E-state index contributed by atoms with van der Waals surface area (Å²) in [6, 6.07) is -0.494. The van der Waals surface area contributed by atoms with E-state index >= 15 is 0 Å². The van der Waals surface area contributed by atoms with Gasteiger partial charge in [-0.05, 0) is 6.92 Å². The SMILES string of the molecule is Cc1c([C@@H]2[C@@H](C(=O)N3CCOCC(F)(F)C3)CC(=O)N2C)cnn1C. The van der Waals surface area contributed by atoms with E-state index in [1.807, 2.05) is 6.92 Å². The molecule has 9 heteroatoms. The maximum atomic E-state index is 13.8. The van der Waals surface area contributed by atoms with Crippen LogP contribution in [0.2, 0.25) is 0 Å². The van der Waals surface area contributed by atoms with Crippen molar-refractivity contribution in [2.45, 2.75) is 25.3 Å². The van der Waals surface area contributed by atoms with Crippen molar-refractivity contribution in [3.63, 3.8) is 0 Å². The number of amides is 2. The third-order valence-corrected chi connectivity index (χ3v) is 5.05. The van der Waals surface area contributed by atoms with E-state index in [-0.39, 0.29) is 25.5 Å². The summed E-state index contributed by atoms with van der Waals surface area (Å²) < 4.78 is 34.1. The van der Waals surface area contributed by atoms with Crippen molar-refractivity contribution >= 4 is 11.8 Å². The van der Waals surface area contributed by atoms with Crippen LogP contribution in [0.1, 0.15) is 23.7 Å². The molecule has 7 nitrogen and oxygen atoms in total. The predicted molar refractivity (Wildman–Crippen MR) is 83.9 cm³/mol. The Morgan fingerprint density at radius 2 is 2.12 bits per heavy atom. The number of rotatable bonds is 2. The summed E-state index contributed by atoms with van der Waals surface area (Å²) >= 11 is 0. The molecule has 0 aromatic carbocycles. The van der Waals surface area contributed by atoms with Gasteiger partial charge in [-0.15, -0.1) is 0 Å². The van der Waals surface area contributed by atoms with Crippen LogP contribution in [0.15, 0.2) is 6.20 Å². The minimum Gasteiger partial charge on any atom is -0.373 e. The van der Waals surface area contributed by atoms with E-state index < -0.39 is 36.9 Å². The van der Waals surface area contributed by atoms with E-state index in [1.54, 1.807) is 25.0 Å². The molecule has 0 radical (unpaired) electrons. The van der Waals surface area contributed by atoms with E-state index in [2.05, 4.69) is 5.10 Å². The van der Waals surface area contributed by atoms with E-state index in [0.717, 1.165) is 16.2 Å². The Bertz CT molecular complexity index is 691. The quantitative estimate of drug-likeness (QED) is 0.784. The molecule has 2 saturated heterocycles. The molecule has 0 bridgehead atoms. The predicted octanol–water partition coefficient (Wildman–Crippen LogP) is 0.742. The van der Waals surface area contributed by atoms with Crippen LogP contribution in [-0.2, 0) is 21.4 Å². The van der Waals surface area contributed by atoms with Gasteiger partial charge < -0.3 is 14.5 Å². The van der Waals surface area contributed by atoms with Crippen molar-refractivity contribution < 1.29 is 23.1 Å². The Kier molecular flexibility index (Phi) is 4.52. The molecule has 1 aromatic rings. The van der Waals surface area contributed by atoms with Gasteiger partial charge in [0.2, 0.25) is 11.8 Å². The van der Waals surface area contributed by atoms with Gasteiger partial charge >= 0.3 is 0 Å². The highest BCUT2D eigenvalue weighted by Gasteiger charge is 2.47. The highest BCUT2D eigenvalue weighted by Crippen LogP contribution is 2.39. The lowest BCUT2D eigenvalue weighted by molar-refractivity contribution is -0.141. The summed E-state index contributed by atoms with van der Waals surface area (Å²) in [7, 11) is 3.41. The number of nitrogens with zero attached hydrogens (tertiary/aromatic N) is 4. The Balaban J connectivity index is 1.89.